The van der Waals surface area contributed by atoms with Crippen LogP contribution in [0.1, 0.15) is 12.8 Å². The van der Waals surface area contributed by atoms with Crippen LogP contribution in [0.5, 0.6) is 0 Å². The van der Waals surface area contributed by atoms with Crippen LogP contribution in [0.15, 0.2) is 12.7 Å². The molecule has 0 amide bonds. The fourth-order valence-electron chi connectivity index (χ4n) is 3.23. The van der Waals surface area contributed by atoms with E-state index in [2.05, 4.69) is 11.9 Å². The zero-order chi connectivity index (χ0) is 12.0. The molecule has 2 nitrogen and oxygen atoms in total. The largest absolute Gasteiger partial charge is 0.385 e. The molecule has 0 radical (unpaired) electrons. The summed E-state index contributed by atoms with van der Waals surface area (Å²) in [7, 11) is 0. The highest BCUT2D eigenvalue weighted by molar-refractivity contribution is 6.68. The van der Waals surface area contributed by atoms with Gasteiger partial charge in [-0.25, -0.2) is 0 Å². The number of fused-ring (bicyclic) bond motifs is 1. The summed E-state index contributed by atoms with van der Waals surface area (Å²) in [5, 5.41) is 14.0. The highest BCUT2D eigenvalue weighted by atomic mass is 35.6. The van der Waals surface area contributed by atoms with Gasteiger partial charge in [-0.2, -0.15) is 0 Å². The monoisotopic (exact) mass is 283 g/mol. The van der Waals surface area contributed by atoms with E-state index in [4.69, 9.17) is 34.8 Å². The van der Waals surface area contributed by atoms with Crippen LogP contribution in [0.3, 0.4) is 0 Å². The van der Waals surface area contributed by atoms with E-state index in [0.717, 1.165) is 13.1 Å². The first-order valence-corrected chi connectivity index (χ1v) is 6.64. The second kappa shape index (κ2) is 4.33. The van der Waals surface area contributed by atoms with Gasteiger partial charge in [0.05, 0.1) is 0 Å². The number of alkyl halides is 3. The number of hydrogen-bond acceptors (Lipinski definition) is 2. The van der Waals surface area contributed by atoms with Crippen molar-refractivity contribution in [2.75, 3.05) is 13.1 Å². The van der Waals surface area contributed by atoms with Crippen molar-refractivity contribution in [1.29, 1.82) is 0 Å². The summed E-state index contributed by atoms with van der Waals surface area (Å²) in [5.74, 6) is 0.779. The summed E-state index contributed by atoms with van der Waals surface area (Å²) in [6.07, 6.45) is 3.04. The summed E-state index contributed by atoms with van der Waals surface area (Å²) in [6, 6.07) is 0. The van der Waals surface area contributed by atoms with Crippen molar-refractivity contribution in [3.63, 3.8) is 0 Å². The van der Waals surface area contributed by atoms with E-state index >= 15 is 0 Å². The van der Waals surface area contributed by atoms with E-state index in [1.807, 2.05) is 0 Å². The Morgan fingerprint density at radius 1 is 1.44 bits per heavy atom. The van der Waals surface area contributed by atoms with Crippen LogP contribution in [-0.4, -0.2) is 27.6 Å². The van der Waals surface area contributed by atoms with Crippen LogP contribution in [0.2, 0.25) is 0 Å². The Bertz CT molecular complexity index is 291. The quantitative estimate of drug-likeness (QED) is 0.603. The Hall–Kier alpha value is 0.530. The van der Waals surface area contributed by atoms with Crippen molar-refractivity contribution >= 4 is 34.8 Å². The lowest BCUT2D eigenvalue weighted by Crippen LogP contribution is -2.48. The van der Waals surface area contributed by atoms with Crippen molar-refractivity contribution < 1.29 is 5.11 Å². The lowest BCUT2D eigenvalue weighted by Gasteiger charge is -2.37. The molecule has 1 saturated heterocycles. The van der Waals surface area contributed by atoms with Crippen LogP contribution in [0.4, 0.5) is 0 Å². The van der Waals surface area contributed by atoms with Crippen LogP contribution in [0, 0.1) is 17.8 Å². The van der Waals surface area contributed by atoms with E-state index in [9.17, 15) is 5.11 Å². The lowest BCUT2D eigenvalue weighted by molar-refractivity contribution is -0.00423. The highest BCUT2D eigenvalue weighted by Crippen LogP contribution is 2.57. The number of halogens is 3. The number of nitrogens with one attached hydrogen (secondary N) is 1. The van der Waals surface area contributed by atoms with Gasteiger partial charge in [0, 0.05) is 0 Å². The molecule has 0 bridgehead atoms. The molecule has 2 fully saturated rings. The second-order valence-electron chi connectivity index (χ2n) is 4.84. The molecule has 0 aromatic carbocycles. The van der Waals surface area contributed by atoms with Gasteiger partial charge >= 0.3 is 0 Å². The van der Waals surface area contributed by atoms with E-state index in [0.29, 0.717) is 24.7 Å². The van der Waals surface area contributed by atoms with E-state index in [1.54, 1.807) is 6.08 Å². The normalized spacial score (nSPS) is 43.4. The predicted molar refractivity (Wildman–Crippen MR) is 68.0 cm³/mol. The predicted octanol–water partition coefficient (Wildman–Crippen LogP) is 2.52. The fourth-order valence-corrected chi connectivity index (χ4v) is 3.88. The summed E-state index contributed by atoms with van der Waals surface area (Å²) >= 11 is 17.8. The summed E-state index contributed by atoms with van der Waals surface area (Å²) < 4.78 is -1.62. The van der Waals surface area contributed by atoms with E-state index in [-0.39, 0.29) is 5.92 Å². The van der Waals surface area contributed by atoms with Gasteiger partial charge in [0.2, 0.25) is 3.79 Å². The van der Waals surface area contributed by atoms with Gasteiger partial charge < -0.3 is 10.4 Å². The topological polar surface area (TPSA) is 32.3 Å². The van der Waals surface area contributed by atoms with Crippen molar-refractivity contribution in [1.82, 2.24) is 5.32 Å². The first-order chi connectivity index (χ1) is 7.40. The van der Waals surface area contributed by atoms with Crippen LogP contribution >= 0.6 is 34.8 Å². The maximum atomic E-state index is 10.7. The second-order valence-corrected chi connectivity index (χ2v) is 7.12. The van der Waals surface area contributed by atoms with Crippen molar-refractivity contribution in [3.8, 4) is 0 Å². The molecule has 1 saturated carbocycles. The minimum Gasteiger partial charge on any atom is -0.385 e. The maximum absolute atomic E-state index is 10.7. The molecule has 2 rings (SSSR count). The minimum absolute atomic E-state index is 0.0162. The SMILES string of the molecule is C=CC[C@H]1[C@@H]2CNC[C@@H]2CC1(O)C(Cl)(Cl)Cl. The number of rotatable bonds is 2. The molecule has 0 aromatic rings. The first-order valence-electron chi connectivity index (χ1n) is 5.51. The Morgan fingerprint density at radius 3 is 2.69 bits per heavy atom. The Kier molecular flexibility index (Phi) is 3.51. The zero-order valence-electron chi connectivity index (χ0n) is 8.93. The van der Waals surface area contributed by atoms with Gasteiger partial charge in [0.1, 0.15) is 5.60 Å². The average molecular weight is 285 g/mol. The van der Waals surface area contributed by atoms with Gasteiger partial charge in [-0.3, -0.25) is 0 Å². The molecule has 1 aliphatic carbocycles. The first kappa shape index (κ1) is 13.0. The van der Waals surface area contributed by atoms with Gasteiger partial charge in [-0.05, 0) is 43.7 Å². The number of allylic oxidation sites excluding steroid dienone is 1. The molecule has 16 heavy (non-hydrogen) atoms. The van der Waals surface area contributed by atoms with Crippen molar-refractivity contribution in [3.05, 3.63) is 12.7 Å². The molecule has 2 aliphatic rings. The van der Waals surface area contributed by atoms with Gasteiger partial charge in [0.15, 0.2) is 0 Å². The third kappa shape index (κ3) is 1.89. The molecule has 0 aromatic heterocycles. The molecule has 4 atom stereocenters. The van der Waals surface area contributed by atoms with Gasteiger partial charge in [0.25, 0.3) is 0 Å². The van der Waals surface area contributed by atoms with Crippen molar-refractivity contribution in [2.24, 2.45) is 17.8 Å². The highest BCUT2D eigenvalue weighted by Gasteiger charge is 2.61. The van der Waals surface area contributed by atoms with Crippen LogP contribution < -0.4 is 5.32 Å². The zero-order valence-corrected chi connectivity index (χ0v) is 11.2. The number of hydrogen-bond donors (Lipinski definition) is 2. The smallest absolute Gasteiger partial charge is 0.219 e. The minimum atomic E-state index is -1.62. The standard InChI is InChI=1S/C11H16Cl3NO/c1-2-3-9-8-6-15-5-7(8)4-10(9,16)11(12,13)14/h2,7-9,15-16H,1,3-6H2/t7-,8+,9-,10?/m0/s1. The van der Waals surface area contributed by atoms with Crippen LogP contribution in [0.25, 0.3) is 0 Å². The molecule has 5 heteroatoms. The number of aliphatic hydroxyl groups is 1. The van der Waals surface area contributed by atoms with Gasteiger partial charge in [-0.15, -0.1) is 6.58 Å². The molecular formula is C11H16Cl3NO. The molecule has 1 heterocycles. The molecule has 2 N–H and O–H groups in total. The van der Waals surface area contributed by atoms with E-state index in [1.165, 1.54) is 0 Å². The molecule has 1 aliphatic heterocycles. The third-order valence-electron chi connectivity index (χ3n) is 4.01. The summed E-state index contributed by atoms with van der Waals surface area (Å²) in [5.41, 5.74) is -1.22. The molecular weight excluding hydrogens is 268 g/mol. The molecule has 0 spiro atoms. The Balaban J connectivity index is 2.28. The third-order valence-corrected chi connectivity index (χ3v) is 4.99. The maximum Gasteiger partial charge on any atom is 0.219 e. The van der Waals surface area contributed by atoms with Crippen molar-refractivity contribution in [2.45, 2.75) is 22.2 Å². The molecule has 1 unspecified atom stereocenters. The summed E-state index contributed by atoms with van der Waals surface area (Å²) in [4.78, 5) is 0. The van der Waals surface area contributed by atoms with Gasteiger partial charge in [-0.1, -0.05) is 40.9 Å². The Morgan fingerprint density at radius 2 is 2.12 bits per heavy atom. The van der Waals surface area contributed by atoms with E-state index < -0.39 is 9.39 Å². The molecule has 92 valence electrons. The lowest BCUT2D eigenvalue weighted by atomic mass is 9.83. The van der Waals surface area contributed by atoms with Crippen LogP contribution in [-0.2, 0) is 0 Å². The Labute approximate surface area is 111 Å². The average Bonchev–Trinajstić information content (AvgIpc) is 2.68. The summed E-state index contributed by atoms with van der Waals surface area (Å²) in [6.45, 7) is 5.52. The fraction of sp³-hybridized carbons (Fsp3) is 0.818.